The van der Waals surface area contributed by atoms with Crippen LogP contribution in [-0.4, -0.2) is 11.7 Å². The summed E-state index contributed by atoms with van der Waals surface area (Å²) in [5.74, 6) is 0. The minimum atomic E-state index is -0.516. The average Bonchev–Trinajstić information content (AvgIpc) is 2.37. The Labute approximate surface area is 101 Å². The lowest BCUT2D eigenvalue weighted by atomic mass is 10.1. The van der Waals surface area contributed by atoms with Gasteiger partial charge in [0.25, 0.3) is 0 Å². The van der Waals surface area contributed by atoms with Crippen molar-refractivity contribution in [3.8, 4) is 0 Å². The van der Waals surface area contributed by atoms with E-state index < -0.39 is 6.10 Å². The third kappa shape index (κ3) is 3.23. The molecular formula is C14H16N2O. The molecule has 0 aliphatic carbocycles. The first kappa shape index (κ1) is 11.5. The lowest BCUT2D eigenvalue weighted by Crippen LogP contribution is -2.12. The number of benzene rings is 2. The fourth-order valence-corrected chi connectivity index (χ4v) is 1.66. The number of anilines is 2. The summed E-state index contributed by atoms with van der Waals surface area (Å²) in [5.41, 5.74) is 8.21. The van der Waals surface area contributed by atoms with Gasteiger partial charge in [0.05, 0.1) is 6.10 Å². The van der Waals surface area contributed by atoms with Gasteiger partial charge in [-0.3, -0.25) is 0 Å². The summed E-state index contributed by atoms with van der Waals surface area (Å²) in [5, 5.41) is 13.1. The van der Waals surface area contributed by atoms with Crippen LogP contribution in [0.4, 0.5) is 11.4 Å². The highest BCUT2D eigenvalue weighted by Gasteiger charge is 2.05. The zero-order chi connectivity index (χ0) is 12.1. The number of aliphatic hydroxyl groups excluding tert-OH is 1. The highest BCUT2D eigenvalue weighted by Crippen LogP contribution is 2.15. The second kappa shape index (κ2) is 5.37. The maximum absolute atomic E-state index is 9.96. The molecule has 0 radical (unpaired) electrons. The first-order chi connectivity index (χ1) is 8.25. The summed E-state index contributed by atoms with van der Waals surface area (Å²) in [7, 11) is 0. The Hall–Kier alpha value is -2.00. The van der Waals surface area contributed by atoms with Crippen molar-refractivity contribution < 1.29 is 5.11 Å². The molecule has 0 saturated heterocycles. The Kier molecular flexibility index (Phi) is 3.62. The van der Waals surface area contributed by atoms with E-state index in [1.165, 1.54) is 0 Å². The number of nitrogen functional groups attached to an aromatic ring is 1. The van der Waals surface area contributed by atoms with Crippen molar-refractivity contribution >= 4 is 11.4 Å². The standard InChI is InChI=1S/C14H16N2O/c15-12-7-4-8-13(9-12)16-10-14(17)11-5-2-1-3-6-11/h1-9,14,16-17H,10,15H2. The molecule has 3 heteroatoms. The van der Waals surface area contributed by atoms with Crippen LogP contribution in [0, 0.1) is 0 Å². The Morgan fingerprint density at radius 1 is 1.06 bits per heavy atom. The molecule has 0 fully saturated rings. The lowest BCUT2D eigenvalue weighted by molar-refractivity contribution is 0.191. The number of nitrogens with two attached hydrogens (primary N) is 1. The van der Waals surface area contributed by atoms with Crippen LogP contribution in [0.15, 0.2) is 54.6 Å². The van der Waals surface area contributed by atoms with E-state index in [1.54, 1.807) is 0 Å². The van der Waals surface area contributed by atoms with E-state index in [0.29, 0.717) is 12.2 Å². The van der Waals surface area contributed by atoms with Crippen molar-refractivity contribution in [2.75, 3.05) is 17.6 Å². The third-order valence-corrected chi connectivity index (χ3v) is 2.57. The zero-order valence-corrected chi connectivity index (χ0v) is 9.51. The normalized spacial score (nSPS) is 12.1. The number of hydrogen-bond donors (Lipinski definition) is 3. The van der Waals surface area contributed by atoms with E-state index in [2.05, 4.69) is 5.32 Å². The molecule has 0 bridgehead atoms. The van der Waals surface area contributed by atoms with E-state index in [4.69, 9.17) is 5.73 Å². The summed E-state index contributed by atoms with van der Waals surface area (Å²) in [6.07, 6.45) is -0.516. The summed E-state index contributed by atoms with van der Waals surface area (Å²) < 4.78 is 0. The summed E-state index contributed by atoms with van der Waals surface area (Å²) in [6.45, 7) is 0.466. The van der Waals surface area contributed by atoms with Crippen LogP contribution in [0.5, 0.6) is 0 Å². The Morgan fingerprint density at radius 2 is 1.82 bits per heavy atom. The van der Waals surface area contributed by atoms with E-state index in [0.717, 1.165) is 11.3 Å². The molecule has 3 nitrogen and oxygen atoms in total. The van der Waals surface area contributed by atoms with Crippen LogP contribution in [-0.2, 0) is 0 Å². The van der Waals surface area contributed by atoms with Crippen molar-refractivity contribution in [3.05, 3.63) is 60.2 Å². The van der Waals surface area contributed by atoms with Crippen LogP contribution in [0.25, 0.3) is 0 Å². The molecule has 4 N–H and O–H groups in total. The van der Waals surface area contributed by atoms with E-state index >= 15 is 0 Å². The monoisotopic (exact) mass is 228 g/mol. The molecule has 0 spiro atoms. The molecule has 2 aromatic rings. The van der Waals surface area contributed by atoms with Gasteiger partial charge in [-0.2, -0.15) is 0 Å². The second-order valence-electron chi connectivity index (χ2n) is 3.93. The average molecular weight is 228 g/mol. The molecule has 88 valence electrons. The van der Waals surface area contributed by atoms with Gasteiger partial charge in [-0.25, -0.2) is 0 Å². The number of rotatable bonds is 4. The molecule has 17 heavy (non-hydrogen) atoms. The SMILES string of the molecule is Nc1cccc(NCC(O)c2ccccc2)c1. The Balaban J connectivity index is 1.95. The Bertz CT molecular complexity index is 471. The minimum Gasteiger partial charge on any atom is -0.399 e. The molecule has 0 amide bonds. The molecule has 2 rings (SSSR count). The second-order valence-corrected chi connectivity index (χ2v) is 3.93. The molecule has 1 unspecified atom stereocenters. The first-order valence-corrected chi connectivity index (χ1v) is 5.58. The van der Waals surface area contributed by atoms with Crippen LogP contribution in [0.1, 0.15) is 11.7 Å². The van der Waals surface area contributed by atoms with Crippen molar-refractivity contribution in [1.82, 2.24) is 0 Å². The van der Waals surface area contributed by atoms with Crippen LogP contribution in [0.3, 0.4) is 0 Å². The highest BCUT2D eigenvalue weighted by atomic mass is 16.3. The van der Waals surface area contributed by atoms with Crippen molar-refractivity contribution in [2.45, 2.75) is 6.10 Å². The van der Waals surface area contributed by atoms with Gasteiger partial charge < -0.3 is 16.2 Å². The van der Waals surface area contributed by atoms with Gasteiger partial charge in [0.15, 0.2) is 0 Å². The maximum atomic E-state index is 9.96. The molecule has 0 heterocycles. The van der Waals surface area contributed by atoms with Gasteiger partial charge >= 0.3 is 0 Å². The highest BCUT2D eigenvalue weighted by molar-refractivity contribution is 5.54. The zero-order valence-electron chi connectivity index (χ0n) is 9.51. The largest absolute Gasteiger partial charge is 0.399 e. The van der Waals surface area contributed by atoms with E-state index in [9.17, 15) is 5.11 Å². The molecular weight excluding hydrogens is 212 g/mol. The molecule has 2 aromatic carbocycles. The van der Waals surface area contributed by atoms with Crippen molar-refractivity contribution in [3.63, 3.8) is 0 Å². The van der Waals surface area contributed by atoms with Crippen LogP contribution in [0.2, 0.25) is 0 Å². The van der Waals surface area contributed by atoms with Gasteiger partial charge in [-0.15, -0.1) is 0 Å². The Morgan fingerprint density at radius 3 is 2.53 bits per heavy atom. The van der Waals surface area contributed by atoms with Crippen LogP contribution >= 0.6 is 0 Å². The third-order valence-electron chi connectivity index (χ3n) is 2.57. The summed E-state index contributed by atoms with van der Waals surface area (Å²) >= 11 is 0. The van der Waals surface area contributed by atoms with E-state index in [-0.39, 0.29) is 0 Å². The van der Waals surface area contributed by atoms with E-state index in [1.807, 2.05) is 54.6 Å². The topological polar surface area (TPSA) is 58.3 Å². The fraction of sp³-hybridized carbons (Fsp3) is 0.143. The number of hydrogen-bond acceptors (Lipinski definition) is 3. The molecule has 0 aliphatic rings. The smallest absolute Gasteiger partial charge is 0.0962 e. The molecule has 0 saturated carbocycles. The first-order valence-electron chi connectivity index (χ1n) is 5.58. The summed E-state index contributed by atoms with van der Waals surface area (Å²) in [4.78, 5) is 0. The quantitative estimate of drug-likeness (QED) is 0.704. The molecule has 0 aliphatic heterocycles. The van der Waals surface area contributed by atoms with Gasteiger partial charge in [0.2, 0.25) is 0 Å². The van der Waals surface area contributed by atoms with Gasteiger partial charge in [0, 0.05) is 17.9 Å². The van der Waals surface area contributed by atoms with Gasteiger partial charge in [-0.1, -0.05) is 36.4 Å². The predicted octanol–water partition coefficient (Wildman–Crippen LogP) is 2.41. The molecule has 0 aromatic heterocycles. The van der Waals surface area contributed by atoms with Gasteiger partial charge in [-0.05, 0) is 23.8 Å². The minimum absolute atomic E-state index is 0.466. The number of nitrogens with one attached hydrogen (secondary N) is 1. The van der Waals surface area contributed by atoms with Crippen LogP contribution < -0.4 is 11.1 Å². The number of aliphatic hydroxyl groups is 1. The lowest BCUT2D eigenvalue weighted by Gasteiger charge is -2.13. The summed E-state index contributed by atoms with van der Waals surface area (Å²) in [6, 6.07) is 17.1. The van der Waals surface area contributed by atoms with Crippen molar-refractivity contribution in [1.29, 1.82) is 0 Å². The van der Waals surface area contributed by atoms with Crippen molar-refractivity contribution in [2.24, 2.45) is 0 Å². The fourth-order valence-electron chi connectivity index (χ4n) is 1.66. The maximum Gasteiger partial charge on any atom is 0.0962 e. The molecule has 1 atom stereocenters. The predicted molar refractivity (Wildman–Crippen MR) is 70.7 cm³/mol. The van der Waals surface area contributed by atoms with Gasteiger partial charge in [0.1, 0.15) is 0 Å².